The van der Waals surface area contributed by atoms with Crippen LogP contribution in [0, 0.1) is 0 Å². The van der Waals surface area contributed by atoms with Crippen molar-refractivity contribution >= 4 is 32.9 Å². The van der Waals surface area contributed by atoms with Gasteiger partial charge in [0, 0.05) is 24.4 Å². The van der Waals surface area contributed by atoms with Crippen molar-refractivity contribution in [1.29, 1.82) is 0 Å². The second-order valence-corrected chi connectivity index (χ2v) is 5.83. The van der Waals surface area contributed by atoms with Gasteiger partial charge in [0.1, 0.15) is 5.82 Å². The second kappa shape index (κ2) is 6.70. The van der Waals surface area contributed by atoms with Crippen molar-refractivity contribution < 1.29 is 4.79 Å². The van der Waals surface area contributed by atoms with Gasteiger partial charge in [0.05, 0.1) is 17.6 Å². The number of aryl methyl sites for hydroxylation is 1. The van der Waals surface area contributed by atoms with Crippen LogP contribution in [0.1, 0.15) is 19.2 Å². The summed E-state index contributed by atoms with van der Waals surface area (Å²) in [4.78, 5) is 15.5. The van der Waals surface area contributed by atoms with Gasteiger partial charge in [-0.1, -0.05) is 34.6 Å². The van der Waals surface area contributed by atoms with Gasteiger partial charge in [-0.3, -0.25) is 4.79 Å². The van der Waals surface area contributed by atoms with Crippen LogP contribution < -0.4 is 5.32 Å². The zero-order valence-corrected chi connectivity index (χ0v) is 13.1. The van der Waals surface area contributed by atoms with Gasteiger partial charge in [0.15, 0.2) is 0 Å². The summed E-state index contributed by atoms with van der Waals surface area (Å²) >= 11 is 3.42. The van der Waals surface area contributed by atoms with E-state index < -0.39 is 0 Å². The fraction of sp³-hybridized carbons (Fsp3) is 0.333. The van der Waals surface area contributed by atoms with Gasteiger partial charge in [-0.15, -0.1) is 0 Å². The highest BCUT2D eigenvalue weighted by Crippen LogP contribution is 2.19. The molecule has 0 bridgehead atoms. The lowest BCUT2D eigenvalue weighted by Gasteiger charge is -2.08. The third-order valence-corrected chi connectivity index (χ3v) is 3.27. The predicted octanol–water partition coefficient (Wildman–Crippen LogP) is 3.01. The van der Waals surface area contributed by atoms with Crippen molar-refractivity contribution in [2.45, 2.75) is 26.3 Å². The summed E-state index contributed by atoms with van der Waals surface area (Å²) in [6.07, 6.45) is 1.70. The van der Waals surface area contributed by atoms with Gasteiger partial charge in [0.2, 0.25) is 5.91 Å². The van der Waals surface area contributed by atoms with Crippen molar-refractivity contribution in [3.63, 3.8) is 0 Å². The highest BCUT2D eigenvalue weighted by atomic mass is 79.9. The van der Waals surface area contributed by atoms with Gasteiger partial charge in [-0.2, -0.15) is 0 Å². The molecule has 1 heterocycles. The van der Waals surface area contributed by atoms with Gasteiger partial charge < -0.3 is 9.88 Å². The lowest BCUT2D eigenvalue weighted by Crippen LogP contribution is -2.21. The highest BCUT2D eigenvalue weighted by Gasteiger charge is 2.10. The maximum atomic E-state index is 10.9. The van der Waals surface area contributed by atoms with Gasteiger partial charge in [-0.05, 0) is 18.6 Å². The predicted molar refractivity (Wildman–Crippen MR) is 84.8 cm³/mol. The summed E-state index contributed by atoms with van der Waals surface area (Å²) in [5, 5.41) is 2.81. The summed E-state index contributed by atoms with van der Waals surface area (Å²) < 4.78 is 3.09. The van der Waals surface area contributed by atoms with Crippen LogP contribution in [0.3, 0.4) is 0 Å². The quantitative estimate of drug-likeness (QED) is 0.825. The van der Waals surface area contributed by atoms with E-state index in [9.17, 15) is 4.79 Å². The Labute approximate surface area is 127 Å². The molecule has 5 heteroatoms. The number of halogens is 1. The van der Waals surface area contributed by atoms with Gasteiger partial charge in [-0.25, -0.2) is 4.98 Å². The number of carbonyl (C=O) groups is 1. The minimum Gasteiger partial charge on any atom is -0.356 e. The number of fused-ring (bicyclic) bond motifs is 1. The molecule has 0 radical (unpaired) electrons. The molecule has 0 aliphatic rings. The first-order chi connectivity index (χ1) is 9.58. The Morgan fingerprint density at radius 3 is 2.90 bits per heavy atom. The zero-order chi connectivity index (χ0) is 14.5. The van der Waals surface area contributed by atoms with Crippen LogP contribution in [-0.4, -0.2) is 22.0 Å². The number of amides is 1. The van der Waals surface area contributed by atoms with E-state index in [1.165, 1.54) is 6.92 Å². The molecule has 2 aromatic rings. The second-order valence-electron chi connectivity index (χ2n) is 4.71. The van der Waals surface area contributed by atoms with E-state index >= 15 is 0 Å². The molecule has 0 atom stereocenters. The Kier molecular flexibility index (Phi) is 4.95. The molecule has 4 nitrogen and oxygen atoms in total. The molecule has 0 saturated carbocycles. The van der Waals surface area contributed by atoms with Crippen molar-refractivity contribution in [3.8, 4) is 0 Å². The molecular weight excluding hydrogens is 318 g/mol. The number of hydrogen-bond donors (Lipinski definition) is 1. The molecule has 0 aliphatic heterocycles. The van der Waals surface area contributed by atoms with Crippen LogP contribution in [0.2, 0.25) is 0 Å². The normalized spacial score (nSPS) is 10.7. The maximum Gasteiger partial charge on any atom is 0.216 e. The summed E-state index contributed by atoms with van der Waals surface area (Å²) in [5.41, 5.74) is 2.11. The number of hydrogen-bond acceptors (Lipinski definition) is 2. The maximum absolute atomic E-state index is 10.9. The average molecular weight is 336 g/mol. The topological polar surface area (TPSA) is 46.9 Å². The van der Waals surface area contributed by atoms with E-state index in [1.54, 1.807) is 0 Å². The van der Waals surface area contributed by atoms with Gasteiger partial charge in [0.25, 0.3) is 0 Å². The molecular formula is C15H18BrN3O. The average Bonchev–Trinajstić information content (AvgIpc) is 2.72. The minimum atomic E-state index is 0.00680. The van der Waals surface area contributed by atoms with Crippen LogP contribution in [0.4, 0.5) is 0 Å². The number of nitrogens with zero attached hydrogens (tertiary/aromatic N) is 2. The Bertz CT molecular complexity index is 633. The molecule has 0 aliphatic carbocycles. The number of carbonyl (C=O) groups excluding carboxylic acids is 1. The minimum absolute atomic E-state index is 0.00680. The van der Waals surface area contributed by atoms with E-state index in [0.717, 1.165) is 34.2 Å². The summed E-state index contributed by atoms with van der Waals surface area (Å²) in [6, 6.07) is 8.08. The van der Waals surface area contributed by atoms with Crippen LogP contribution in [-0.2, 0) is 17.8 Å². The van der Waals surface area contributed by atoms with E-state index in [2.05, 4.69) is 43.4 Å². The SMILES string of the molecule is C=C(Br)Cn1c(CCCNC(C)=O)nc2ccccc21. The van der Waals surface area contributed by atoms with Crippen molar-refractivity contribution in [3.05, 3.63) is 41.2 Å². The molecule has 0 saturated heterocycles. The molecule has 1 N–H and O–H groups in total. The molecule has 106 valence electrons. The van der Waals surface area contributed by atoms with E-state index in [1.807, 2.05) is 18.2 Å². The van der Waals surface area contributed by atoms with Crippen molar-refractivity contribution in [2.75, 3.05) is 6.54 Å². The number of para-hydroxylation sites is 2. The molecule has 20 heavy (non-hydrogen) atoms. The first-order valence-corrected chi connectivity index (χ1v) is 7.39. The summed E-state index contributed by atoms with van der Waals surface area (Å²) in [5.74, 6) is 1.03. The van der Waals surface area contributed by atoms with Crippen LogP contribution in [0.25, 0.3) is 11.0 Å². The summed E-state index contributed by atoms with van der Waals surface area (Å²) in [6.45, 7) is 6.82. The molecule has 0 spiro atoms. The molecule has 0 fully saturated rings. The lowest BCUT2D eigenvalue weighted by molar-refractivity contribution is -0.118. The highest BCUT2D eigenvalue weighted by molar-refractivity contribution is 9.11. The number of rotatable bonds is 6. The number of benzene rings is 1. The number of imidazole rings is 1. The molecule has 2 rings (SSSR count). The molecule has 1 aromatic carbocycles. The fourth-order valence-corrected chi connectivity index (χ4v) is 2.43. The molecule has 1 amide bonds. The van der Waals surface area contributed by atoms with Crippen molar-refractivity contribution in [2.24, 2.45) is 0 Å². The van der Waals surface area contributed by atoms with E-state index in [-0.39, 0.29) is 5.91 Å². The fourth-order valence-electron chi connectivity index (χ4n) is 2.18. The number of nitrogens with one attached hydrogen (secondary N) is 1. The van der Waals surface area contributed by atoms with E-state index in [4.69, 9.17) is 0 Å². The number of allylic oxidation sites excluding steroid dienone is 1. The van der Waals surface area contributed by atoms with Crippen molar-refractivity contribution in [1.82, 2.24) is 14.9 Å². The Morgan fingerprint density at radius 1 is 1.45 bits per heavy atom. The Hall–Kier alpha value is -1.62. The summed E-state index contributed by atoms with van der Waals surface area (Å²) in [7, 11) is 0. The van der Waals surface area contributed by atoms with E-state index in [0.29, 0.717) is 13.1 Å². The zero-order valence-electron chi connectivity index (χ0n) is 11.5. The van der Waals surface area contributed by atoms with Crippen LogP contribution in [0.5, 0.6) is 0 Å². The van der Waals surface area contributed by atoms with Crippen LogP contribution >= 0.6 is 15.9 Å². The third-order valence-electron chi connectivity index (χ3n) is 3.01. The first kappa shape index (κ1) is 14.8. The standard InChI is InChI=1S/C15H18BrN3O/c1-11(16)10-19-14-7-4-3-6-13(14)18-15(19)8-5-9-17-12(2)20/h3-4,6-7H,1,5,8-10H2,2H3,(H,17,20). The van der Waals surface area contributed by atoms with Crippen LogP contribution in [0.15, 0.2) is 35.3 Å². The largest absolute Gasteiger partial charge is 0.356 e. The van der Waals surface area contributed by atoms with Gasteiger partial charge >= 0.3 is 0 Å². The monoisotopic (exact) mass is 335 g/mol. The molecule has 1 aromatic heterocycles. The Morgan fingerprint density at radius 2 is 2.20 bits per heavy atom. The molecule has 0 unspecified atom stereocenters. The number of aromatic nitrogens is 2. The smallest absolute Gasteiger partial charge is 0.216 e. The first-order valence-electron chi connectivity index (χ1n) is 6.60. The Balaban J connectivity index is 2.18. The third kappa shape index (κ3) is 3.70. The lowest BCUT2D eigenvalue weighted by atomic mass is 10.3.